The van der Waals surface area contributed by atoms with Gasteiger partial charge in [0.15, 0.2) is 6.10 Å². The van der Waals surface area contributed by atoms with Crippen LogP contribution in [0.3, 0.4) is 0 Å². The smallest absolute Gasteiger partial charge is 0.335 e. The lowest BCUT2D eigenvalue weighted by molar-refractivity contribution is -0.156. The molecule has 26 heavy (non-hydrogen) atoms. The van der Waals surface area contributed by atoms with Crippen LogP contribution in [0.4, 0.5) is 0 Å². The number of carbonyl (C=O) groups is 1. The standard InChI is InChI=1S/C23H36O3/c1-4-7-8-9-10-11-12-13-14-15-16-17-18-19-20-21-22(25-5-2)23(24)26-6-3/h4,7,9-10,12-13,15-16,18-19,22H,5-6,8,11,14,17,20-21H2,1-3H3. The van der Waals surface area contributed by atoms with E-state index in [0.717, 1.165) is 32.1 Å². The topological polar surface area (TPSA) is 35.5 Å². The number of carbonyl (C=O) groups excluding carboxylic acids is 1. The van der Waals surface area contributed by atoms with Crippen molar-refractivity contribution < 1.29 is 14.3 Å². The van der Waals surface area contributed by atoms with E-state index in [2.05, 4.69) is 60.8 Å². The van der Waals surface area contributed by atoms with E-state index >= 15 is 0 Å². The summed E-state index contributed by atoms with van der Waals surface area (Å²) >= 11 is 0. The van der Waals surface area contributed by atoms with Gasteiger partial charge in [0, 0.05) is 6.61 Å². The highest BCUT2D eigenvalue weighted by Crippen LogP contribution is 2.06. The van der Waals surface area contributed by atoms with E-state index in [0.29, 0.717) is 19.6 Å². The number of rotatable bonds is 15. The molecule has 0 aliphatic carbocycles. The monoisotopic (exact) mass is 360 g/mol. The Morgan fingerprint density at radius 1 is 0.769 bits per heavy atom. The molecule has 0 aromatic heterocycles. The van der Waals surface area contributed by atoms with Crippen LogP contribution < -0.4 is 0 Å². The largest absolute Gasteiger partial charge is 0.464 e. The van der Waals surface area contributed by atoms with Gasteiger partial charge in [0.05, 0.1) is 6.61 Å². The minimum absolute atomic E-state index is 0.258. The summed E-state index contributed by atoms with van der Waals surface area (Å²) in [6.45, 7) is 6.65. The normalized spacial score (nSPS) is 13.8. The Morgan fingerprint density at radius 2 is 1.27 bits per heavy atom. The molecule has 0 heterocycles. The van der Waals surface area contributed by atoms with Crippen LogP contribution >= 0.6 is 0 Å². The van der Waals surface area contributed by atoms with Crippen LogP contribution in [0.1, 0.15) is 59.3 Å². The number of hydrogen-bond acceptors (Lipinski definition) is 3. The molecular formula is C23H36O3. The zero-order chi connectivity index (χ0) is 19.3. The van der Waals surface area contributed by atoms with E-state index in [-0.39, 0.29) is 5.97 Å². The van der Waals surface area contributed by atoms with E-state index in [1.165, 1.54) is 0 Å². The summed E-state index contributed by atoms with van der Waals surface area (Å²) in [7, 11) is 0. The molecule has 0 aliphatic rings. The molecule has 0 bridgehead atoms. The van der Waals surface area contributed by atoms with Crippen LogP contribution in [0.25, 0.3) is 0 Å². The summed E-state index contributed by atoms with van der Waals surface area (Å²) in [4.78, 5) is 11.7. The van der Waals surface area contributed by atoms with Gasteiger partial charge in [-0.1, -0.05) is 60.8 Å². The average Bonchev–Trinajstić information content (AvgIpc) is 2.64. The van der Waals surface area contributed by atoms with E-state index in [4.69, 9.17) is 9.47 Å². The molecule has 0 saturated heterocycles. The maximum Gasteiger partial charge on any atom is 0.335 e. The van der Waals surface area contributed by atoms with E-state index < -0.39 is 6.10 Å². The van der Waals surface area contributed by atoms with Crippen molar-refractivity contribution in [2.45, 2.75) is 65.4 Å². The Balaban J connectivity index is 3.79. The number of ether oxygens (including phenoxy) is 2. The Hall–Kier alpha value is -1.87. The summed E-state index contributed by atoms with van der Waals surface area (Å²) in [6, 6.07) is 0. The van der Waals surface area contributed by atoms with Gasteiger partial charge in [-0.15, -0.1) is 0 Å². The molecule has 0 saturated carbocycles. The highest BCUT2D eigenvalue weighted by molar-refractivity contribution is 5.74. The average molecular weight is 361 g/mol. The van der Waals surface area contributed by atoms with Gasteiger partial charge < -0.3 is 9.47 Å². The van der Waals surface area contributed by atoms with Crippen molar-refractivity contribution in [1.29, 1.82) is 0 Å². The van der Waals surface area contributed by atoms with Crippen LogP contribution in [0.5, 0.6) is 0 Å². The van der Waals surface area contributed by atoms with Crippen molar-refractivity contribution >= 4 is 5.97 Å². The summed E-state index contributed by atoms with van der Waals surface area (Å²) in [5.74, 6) is -0.258. The fraction of sp³-hybridized carbons (Fsp3) is 0.522. The molecule has 0 aromatic carbocycles. The first-order chi connectivity index (χ1) is 12.8. The second-order valence-electron chi connectivity index (χ2n) is 5.67. The molecule has 0 N–H and O–H groups in total. The highest BCUT2D eigenvalue weighted by atomic mass is 16.6. The molecule has 146 valence electrons. The predicted octanol–water partition coefficient (Wildman–Crippen LogP) is 6.10. The van der Waals surface area contributed by atoms with Crippen LogP contribution in [-0.2, 0) is 14.3 Å². The van der Waals surface area contributed by atoms with Gasteiger partial charge in [-0.05, 0) is 59.3 Å². The van der Waals surface area contributed by atoms with Gasteiger partial charge in [-0.25, -0.2) is 4.79 Å². The Bertz CT molecular complexity index is 470. The molecule has 1 unspecified atom stereocenters. The quantitative estimate of drug-likeness (QED) is 0.262. The summed E-state index contributed by atoms with van der Waals surface area (Å²) in [5, 5.41) is 0. The third-order valence-corrected chi connectivity index (χ3v) is 3.50. The molecule has 0 aliphatic heterocycles. The van der Waals surface area contributed by atoms with Gasteiger partial charge in [-0.2, -0.15) is 0 Å². The zero-order valence-electron chi connectivity index (χ0n) is 16.7. The lowest BCUT2D eigenvalue weighted by atomic mass is 10.2. The van der Waals surface area contributed by atoms with Gasteiger partial charge in [-0.3, -0.25) is 0 Å². The van der Waals surface area contributed by atoms with Crippen molar-refractivity contribution in [3.63, 3.8) is 0 Å². The fourth-order valence-corrected chi connectivity index (χ4v) is 2.19. The first-order valence-corrected chi connectivity index (χ1v) is 9.75. The molecule has 0 rings (SSSR count). The first-order valence-electron chi connectivity index (χ1n) is 9.75. The summed E-state index contributed by atoms with van der Waals surface area (Å²) in [6.07, 6.45) is 26.4. The molecule has 0 radical (unpaired) electrons. The lowest BCUT2D eigenvalue weighted by Gasteiger charge is -2.14. The van der Waals surface area contributed by atoms with Gasteiger partial charge in [0.2, 0.25) is 0 Å². The van der Waals surface area contributed by atoms with E-state index in [9.17, 15) is 4.79 Å². The van der Waals surface area contributed by atoms with Crippen LogP contribution in [0.2, 0.25) is 0 Å². The Labute approximate surface area is 160 Å². The predicted molar refractivity (Wildman–Crippen MR) is 111 cm³/mol. The maximum atomic E-state index is 11.7. The van der Waals surface area contributed by atoms with Gasteiger partial charge in [0.1, 0.15) is 0 Å². The van der Waals surface area contributed by atoms with Crippen LogP contribution in [0, 0.1) is 0 Å². The number of esters is 1. The molecule has 3 nitrogen and oxygen atoms in total. The van der Waals surface area contributed by atoms with Crippen molar-refractivity contribution in [1.82, 2.24) is 0 Å². The maximum absolute atomic E-state index is 11.7. The Kier molecular flexibility index (Phi) is 18.1. The minimum atomic E-state index is -0.447. The van der Waals surface area contributed by atoms with Gasteiger partial charge >= 0.3 is 5.97 Å². The molecule has 0 spiro atoms. The van der Waals surface area contributed by atoms with Crippen LogP contribution in [-0.4, -0.2) is 25.3 Å². The lowest BCUT2D eigenvalue weighted by Crippen LogP contribution is -2.26. The molecule has 3 heteroatoms. The number of hydrogen-bond donors (Lipinski definition) is 0. The first kappa shape index (κ1) is 24.1. The summed E-state index contributed by atoms with van der Waals surface area (Å²) in [5.41, 5.74) is 0. The van der Waals surface area contributed by atoms with Gasteiger partial charge in [0.25, 0.3) is 0 Å². The zero-order valence-corrected chi connectivity index (χ0v) is 16.7. The second-order valence-corrected chi connectivity index (χ2v) is 5.67. The molecule has 0 aromatic rings. The van der Waals surface area contributed by atoms with E-state index in [1.54, 1.807) is 0 Å². The fourth-order valence-electron chi connectivity index (χ4n) is 2.19. The SMILES string of the molecule is CC=CCC=CCC=CCC=CCC=CCCC(OCC)C(=O)OCC. The number of allylic oxidation sites excluding steroid dienone is 10. The van der Waals surface area contributed by atoms with Crippen LogP contribution in [0.15, 0.2) is 60.8 Å². The summed E-state index contributed by atoms with van der Waals surface area (Å²) < 4.78 is 10.5. The Morgan fingerprint density at radius 3 is 1.73 bits per heavy atom. The van der Waals surface area contributed by atoms with Crippen molar-refractivity contribution in [3.05, 3.63) is 60.8 Å². The highest BCUT2D eigenvalue weighted by Gasteiger charge is 2.18. The third kappa shape index (κ3) is 15.6. The van der Waals surface area contributed by atoms with Crippen molar-refractivity contribution in [2.24, 2.45) is 0 Å². The van der Waals surface area contributed by atoms with Crippen molar-refractivity contribution in [2.75, 3.05) is 13.2 Å². The minimum Gasteiger partial charge on any atom is -0.464 e. The second kappa shape index (κ2) is 19.5. The third-order valence-electron chi connectivity index (χ3n) is 3.50. The van der Waals surface area contributed by atoms with E-state index in [1.807, 2.05) is 20.8 Å². The molecule has 0 fully saturated rings. The van der Waals surface area contributed by atoms with Crippen molar-refractivity contribution in [3.8, 4) is 0 Å². The molecular weight excluding hydrogens is 324 g/mol. The molecule has 0 amide bonds. The molecule has 1 atom stereocenters.